The first-order valence-corrected chi connectivity index (χ1v) is 14.3. The normalized spacial score (nSPS) is 13.4. The highest BCUT2D eigenvalue weighted by Gasteiger charge is 2.43. The standard InChI is InChI=1S/C30H33N4O2P/c1-6-21-34-29(23-15-7-8-16-24(23)32-34)37(30(2,3)4,33-25-17-9-10-18-26(25)35-5)36-27-19-11-13-22-14-12-20-31-28(22)27/h7-20H,6,21H2,1-5H3/t37-/m1/s1. The maximum atomic E-state index is 7.29. The van der Waals surface area contributed by atoms with E-state index in [4.69, 9.17) is 24.1 Å². The van der Waals surface area contributed by atoms with Crippen LogP contribution in [-0.2, 0) is 6.54 Å². The van der Waals surface area contributed by atoms with E-state index < -0.39 is 7.28 Å². The summed E-state index contributed by atoms with van der Waals surface area (Å²) < 4.78 is 20.7. The summed E-state index contributed by atoms with van der Waals surface area (Å²) in [6, 6.07) is 26.2. The summed E-state index contributed by atoms with van der Waals surface area (Å²) in [6.45, 7) is 9.55. The minimum Gasteiger partial charge on any atom is -0.494 e. The van der Waals surface area contributed by atoms with Crippen LogP contribution in [0.4, 0.5) is 5.69 Å². The minimum atomic E-state index is -2.88. The lowest BCUT2D eigenvalue weighted by Gasteiger charge is -2.37. The molecule has 6 nitrogen and oxygen atoms in total. The molecule has 5 rings (SSSR count). The maximum absolute atomic E-state index is 7.29. The molecule has 37 heavy (non-hydrogen) atoms. The molecule has 0 radical (unpaired) electrons. The van der Waals surface area contributed by atoms with Crippen LogP contribution in [0.2, 0.25) is 0 Å². The first-order chi connectivity index (χ1) is 17.9. The fourth-order valence-corrected chi connectivity index (χ4v) is 7.93. The van der Waals surface area contributed by atoms with Gasteiger partial charge < -0.3 is 9.26 Å². The Morgan fingerprint density at radius 3 is 2.41 bits per heavy atom. The molecule has 0 N–H and O–H groups in total. The van der Waals surface area contributed by atoms with Crippen LogP contribution in [0.25, 0.3) is 21.8 Å². The lowest BCUT2D eigenvalue weighted by Crippen LogP contribution is -2.32. The number of para-hydroxylation sites is 2. The van der Waals surface area contributed by atoms with Crippen LogP contribution >= 0.6 is 7.28 Å². The van der Waals surface area contributed by atoms with Crippen molar-refractivity contribution in [2.24, 2.45) is 4.74 Å². The van der Waals surface area contributed by atoms with Crippen LogP contribution < -0.4 is 14.7 Å². The molecule has 0 saturated heterocycles. The Labute approximate surface area is 218 Å². The molecule has 0 aliphatic rings. The molecule has 2 heterocycles. The fraction of sp³-hybridized carbons (Fsp3) is 0.267. The van der Waals surface area contributed by atoms with Gasteiger partial charge in [0.15, 0.2) is 13.0 Å². The monoisotopic (exact) mass is 512 g/mol. The van der Waals surface area contributed by atoms with Crippen molar-refractivity contribution in [2.75, 3.05) is 7.11 Å². The van der Waals surface area contributed by atoms with E-state index in [2.05, 4.69) is 62.7 Å². The van der Waals surface area contributed by atoms with Gasteiger partial charge in [0.2, 0.25) is 0 Å². The van der Waals surface area contributed by atoms with Crippen LogP contribution in [0, 0.1) is 0 Å². The van der Waals surface area contributed by atoms with Crippen LogP contribution in [-0.4, -0.2) is 27.0 Å². The molecule has 0 fully saturated rings. The lowest BCUT2D eigenvalue weighted by atomic mass is 10.2. The van der Waals surface area contributed by atoms with E-state index in [1.807, 2.05) is 48.5 Å². The molecule has 0 spiro atoms. The van der Waals surface area contributed by atoms with Crippen LogP contribution in [0.15, 0.2) is 89.8 Å². The van der Waals surface area contributed by atoms with Gasteiger partial charge in [0, 0.05) is 28.7 Å². The molecule has 0 aliphatic heterocycles. The number of nitrogens with zero attached hydrogens (tertiary/aromatic N) is 4. The molecule has 0 bridgehead atoms. The number of aryl methyl sites for hydroxylation is 1. The van der Waals surface area contributed by atoms with Crippen LogP contribution in [0.1, 0.15) is 34.1 Å². The van der Waals surface area contributed by atoms with Crippen molar-refractivity contribution >= 4 is 40.2 Å². The Hall–Kier alpha value is -3.63. The number of aromatic nitrogens is 3. The minimum absolute atomic E-state index is 0.390. The third-order valence-electron chi connectivity index (χ3n) is 6.41. The molecule has 0 amide bonds. The Balaban J connectivity index is 1.93. The molecule has 0 unspecified atom stereocenters. The number of rotatable bonds is 7. The van der Waals surface area contributed by atoms with Crippen molar-refractivity contribution in [3.8, 4) is 11.5 Å². The van der Waals surface area contributed by atoms with E-state index in [9.17, 15) is 0 Å². The number of pyridine rings is 1. The predicted molar refractivity (Wildman–Crippen MR) is 154 cm³/mol. The Bertz CT molecular complexity index is 1610. The van der Waals surface area contributed by atoms with E-state index in [1.54, 1.807) is 13.3 Å². The highest BCUT2D eigenvalue weighted by atomic mass is 31.2. The van der Waals surface area contributed by atoms with Gasteiger partial charge in [-0.05, 0) is 36.8 Å². The zero-order valence-corrected chi connectivity index (χ0v) is 22.9. The van der Waals surface area contributed by atoms with Crippen molar-refractivity contribution in [2.45, 2.75) is 45.8 Å². The largest absolute Gasteiger partial charge is 0.494 e. The van der Waals surface area contributed by atoms with Crippen molar-refractivity contribution in [1.29, 1.82) is 0 Å². The van der Waals surface area contributed by atoms with Gasteiger partial charge in [-0.3, -0.25) is 9.67 Å². The fourth-order valence-electron chi connectivity index (χ4n) is 4.63. The average Bonchev–Trinajstić information content (AvgIpc) is 3.26. The van der Waals surface area contributed by atoms with E-state index in [1.165, 1.54) is 0 Å². The summed E-state index contributed by atoms with van der Waals surface area (Å²) in [7, 11) is -1.20. The zero-order chi connectivity index (χ0) is 26.0. The van der Waals surface area contributed by atoms with Gasteiger partial charge in [0.1, 0.15) is 22.4 Å². The summed E-state index contributed by atoms with van der Waals surface area (Å²) in [5.41, 5.74) is 3.54. The quantitative estimate of drug-likeness (QED) is 0.208. The molecular formula is C30H33N4O2P. The van der Waals surface area contributed by atoms with Gasteiger partial charge in [-0.15, -0.1) is 0 Å². The summed E-state index contributed by atoms with van der Waals surface area (Å²) in [4.78, 5) is 4.69. The Morgan fingerprint density at radius 2 is 1.62 bits per heavy atom. The second-order valence-corrected chi connectivity index (χ2v) is 13.3. The summed E-state index contributed by atoms with van der Waals surface area (Å²) in [6.07, 6.45) is 2.75. The zero-order valence-electron chi connectivity index (χ0n) is 22.0. The van der Waals surface area contributed by atoms with Gasteiger partial charge in [0.05, 0.1) is 12.6 Å². The van der Waals surface area contributed by atoms with Gasteiger partial charge >= 0.3 is 0 Å². The number of hydrogen-bond acceptors (Lipinski definition) is 5. The average molecular weight is 513 g/mol. The topological polar surface area (TPSA) is 61.5 Å². The second kappa shape index (κ2) is 10.0. The van der Waals surface area contributed by atoms with Crippen LogP contribution in [0.3, 0.4) is 0 Å². The Kier molecular flexibility index (Phi) is 6.78. The summed E-state index contributed by atoms with van der Waals surface area (Å²) in [5, 5.41) is 6.72. The molecule has 3 aromatic carbocycles. The maximum Gasteiger partial charge on any atom is 0.191 e. The molecule has 0 saturated carbocycles. The SMILES string of the molecule is CCCn1nc2ccccc2c1[P@@](=Nc1ccccc1OC)(Oc1cccc2cccnc12)C(C)(C)C. The van der Waals surface area contributed by atoms with E-state index >= 15 is 0 Å². The van der Waals surface area contributed by atoms with Crippen LogP contribution in [0.5, 0.6) is 11.5 Å². The second-order valence-electron chi connectivity index (χ2n) is 10.0. The smallest absolute Gasteiger partial charge is 0.191 e. The van der Waals surface area contributed by atoms with Gasteiger partial charge in [-0.25, -0.2) is 4.74 Å². The number of ether oxygens (including phenoxy) is 1. The third kappa shape index (κ3) is 4.51. The molecule has 1 atom stereocenters. The molecule has 7 heteroatoms. The predicted octanol–water partition coefficient (Wildman–Crippen LogP) is 7.95. The third-order valence-corrected chi connectivity index (χ3v) is 10.2. The summed E-state index contributed by atoms with van der Waals surface area (Å²) in [5.74, 6) is 1.43. The van der Waals surface area contributed by atoms with Gasteiger partial charge in [-0.2, -0.15) is 5.10 Å². The first-order valence-electron chi connectivity index (χ1n) is 12.6. The number of methoxy groups -OCH3 is 1. The van der Waals surface area contributed by atoms with Crippen molar-refractivity contribution < 1.29 is 9.26 Å². The number of benzene rings is 3. The van der Waals surface area contributed by atoms with Crippen molar-refractivity contribution in [3.63, 3.8) is 0 Å². The highest BCUT2D eigenvalue weighted by molar-refractivity contribution is 7.71. The molecule has 2 aromatic heterocycles. The van der Waals surface area contributed by atoms with Crippen molar-refractivity contribution in [1.82, 2.24) is 14.8 Å². The first kappa shape index (κ1) is 25.0. The molecular weight excluding hydrogens is 479 g/mol. The molecule has 190 valence electrons. The van der Waals surface area contributed by atoms with E-state index in [-0.39, 0.29) is 5.16 Å². The lowest BCUT2D eigenvalue weighted by molar-refractivity contribution is 0.416. The van der Waals surface area contributed by atoms with Gasteiger partial charge in [0.25, 0.3) is 0 Å². The Morgan fingerprint density at radius 1 is 0.892 bits per heavy atom. The number of fused-ring (bicyclic) bond motifs is 2. The van der Waals surface area contributed by atoms with E-state index in [0.717, 1.165) is 45.9 Å². The number of hydrogen-bond donors (Lipinski definition) is 0. The molecule has 5 aromatic rings. The van der Waals surface area contributed by atoms with E-state index in [0.29, 0.717) is 11.5 Å². The summed E-state index contributed by atoms with van der Waals surface area (Å²) >= 11 is 0. The molecule has 0 aliphatic carbocycles. The highest BCUT2D eigenvalue weighted by Crippen LogP contribution is 2.63. The van der Waals surface area contributed by atoms with Crippen molar-refractivity contribution in [3.05, 3.63) is 85.1 Å². The van der Waals surface area contributed by atoms with Gasteiger partial charge in [-0.1, -0.05) is 76.2 Å².